The van der Waals surface area contributed by atoms with Crippen LogP contribution in [0.15, 0.2) is 79.2 Å². The van der Waals surface area contributed by atoms with Gasteiger partial charge in [0.05, 0.1) is 29.4 Å². The second-order valence-corrected chi connectivity index (χ2v) is 11.1. The Morgan fingerprint density at radius 2 is 1.59 bits per heavy atom. The first-order chi connectivity index (χ1) is 20.6. The molecule has 0 aromatic carbocycles. The molecule has 0 unspecified atom stereocenters. The molecule has 0 amide bonds. The maximum Gasteiger partial charge on any atom is 2.00 e. The van der Waals surface area contributed by atoms with E-state index in [0.29, 0.717) is 25.8 Å². The number of carbonyl (C=O) groups is 1. The molecule has 2 N–H and O–H groups in total. The first-order valence-electron chi connectivity index (χ1n) is 15.0. The first kappa shape index (κ1) is 35.0. The molecule has 3 aliphatic heterocycles. The molecule has 4 rings (SSSR count). The molecular weight excluding hydrogens is 604 g/mol. The molecule has 44 heavy (non-hydrogen) atoms. The molecule has 0 fully saturated rings. The monoisotopic (exact) mass is 645 g/mol. The predicted octanol–water partition coefficient (Wildman–Crippen LogP) is 8.05. The van der Waals surface area contributed by atoms with E-state index >= 15 is 0 Å². The van der Waals surface area contributed by atoms with Crippen molar-refractivity contribution in [2.24, 2.45) is 9.98 Å². The quantitative estimate of drug-likeness (QED) is 0.0973. The van der Waals surface area contributed by atoms with Gasteiger partial charge in [-0.25, -0.2) is 14.9 Å². The van der Waals surface area contributed by atoms with Crippen LogP contribution in [0.25, 0.3) is 17.5 Å². The standard InChI is InChI=1S/C35H43N4O4.Cu/c1-8-24-21(5)31(37-28(24)10-3)17-33-25(9-2)22(6)29(38-33)16-30-23(7)27(12-11-15-43-42)34(39-30)18-32-26(13-14-35(40)41)20(4)19-36-32;/h10,16-18H,3,8-9,11-15,19H2,1-2,4-7H3,(H3-,36,37,38,39,40,41,42);/q-1;+2/p-1. The molecule has 1 aromatic rings. The zero-order valence-corrected chi connectivity index (χ0v) is 27.4. The first-order valence-corrected chi connectivity index (χ1v) is 15.0. The third kappa shape index (κ3) is 7.41. The maximum atomic E-state index is 11.3. The molecule has 0 aliphatic carbocycles. The minimum atomic E-state index is -0.827. The Bertz CT molecular complexity index is 1580. The Morgan fingerprint density at radius 3 is 2.18 bits per heavy atom. The van der Waals surface area contributed by atoms with Crippen LogP contribution in [0, 0.1) is 6.92 Å². The van der Waals surface area contributed by atoms with E-state index in [4.69, 9.17) is 20.2 Å². The van der Waals surface area contributed by atoms with Crippen molar-refractivity contribution >= 4 is 29.5 Å². The number of rotatable bonds is 13. The predicted molar refractivity (Wildman–Crippen MR) is 174 cm³/mol. The minimum absolute atomic E-state index is 0. The second kappa shape index (κ2) is 15.5. The maximum absolute atomic E-state index is 11.3. The van der Waals surface area contributed by atoms with Crippen molar-refractivity contribution < 1.29 is 37.1 Å². The number of aromatic nitrogens is 1. The van der Waals surface area contributed by atoms with E-state index in [0.717, 1.165) is 86.2 Å². The number of hydrogen-bond donors (Lipinski definition) is 2. The molecule has 4 heterocycles. The average molecular weight is 646 g/mol. The Labute approximate surface area is 271 Å². The zero-order valence-electron chi connectivity index (χ0n) is 26.5. The van der Waals surface area contributed by atoms with Crippen LogP contribution in [-0.4, -0.2) is 40.9 Å². The van der Waals surface area contributed by atoms with Gasteiger partial charge < -0.3 is 15.4 Å². The van der Waals surface area contributed by atoms with Gasteiger partial charge in [0.1, 0.15) is 0 Å². The molecule has 0 saturated heterocycles. The van der Waals surface area contributed by atoms with Crippen molar-refractivity contribution in [3.63, 3.8) is 0 Å². The smallest absolute Gasteiger partial charge is 0.681 e. The Morgan fingerprint density at radius 1 is 0.932 bits per heavy atom. The fraction of sp³-hybridized carbons (Fsp3) is 0.400. The second-order valence-electron chi connectivity index (χ2n) is 11.1. The van der Waals surface area contributed by atoms with Crippen LogP contribution in [0.2, 0.25) is 0 Å². The Hall–Kier alpha value is -3.49. The molecule has 0 saturated carbocycles. The van der Waals surface area contributed by atoms with Gasteiger partial charge in [0.15, 0.2) is 0 Å². The van der Waals surface area contributed by atoms with Gasteiger partial charge >= 0.3 is 23.0 Å². The van der Waals surface area contributed by atoms with E-state index in [1.54, 1.807) is 0 Å². The van der Waals surface area contributed by atoms with E-state index in [-0.39, 0.29) is 30.1 Å². The Kier molecular flexibility index (Phi) is 12.3. The number of aliphatic carboxylic acids is 1. The normalized spacial score (nSPS) is 19.4. The third-order valence-corrected chi connectivity index (χ3v) is 8.44. The average Bonchev–Trinajstić information content (AvgIpc) is 3.67. The van der Waals surface area contributed by atoms with Crippen molar-refractivity contribution in [3.05, 3.63) is 97.1 Å². The molecule has 1 aromatic heterocycles. The SMILES string of the molecule is C=CC1=N/C(=C\c2[n-]c(/C=C3N=C(/C=C4\[N-]CC(C)=C4CCC(=O)O)C(CCCOO)=C\3C)c(C)c2CC)C(C)=C1CC.[Cu+2]. The van der Waals surface area contributed by atoms with E-state index in [1.807, 2.05) is 25.2 Å². The van der Waals surface area contributed by atoms with Gasteiger partial charge in [0.25, 0.3) is 0 Å². The van der Waals surface area contributed by atoms with Gasteiger partial charge in [0.2, 0.25) is 0 Å². The Balaban J connectivity index is 0.00000529. The van der Waals surface area contributed by atoms with Gasteiger partial charge in [-0.3, -0.25) is 10.1 Å². The van der Waals surface area contributed by atoms with Crippen LogP contribution in [0.1, 0.15) is 89.2 Å². The summed E-state index contributed by atoms with van der Waals surface area (Å²) in [6, 6.07) is 0. The van der Waals surface area contributed by atoms with Crippen LogP contribution < -0.4 is 4.98 Å². The van der Waals surface area contributed by atoms with Crippen LogP contribution in [0.3, 0.4) is 0 Å². The van der Waals surface area contributed by atoms with Crippen LogP contribution in [0.5, 0.6) is 0 Å². The summed E-state index contributed by atoms with van der Waals surface area (Å²) in [6.07, 6.45) is 11.5. The van der Waals surface area contributed by atoms with Gasteiger partial charge in [-0.2, -0.15) is 0 Å². The molecule has 0 bridgehead atoms. The van der Waals surface area contributed by atoms with Gasteiger partial charge in [-0.1, -0.05) is 60.9 Å². The molecule has 0 atom stereocenters. The largest absolute Gasteiger partial charge is 2.00 e. The fourth-order valence-electron chi connectivity index (χ4n) is 5.94. The summed E-state index contributed by atoms with van der Waals surface area (Å²) in [4.78, 5) is 30.5. The summed E-state index contributed by atoms with van der Waals surface area (Å²) in [5.74, 6) is -0.827. The van der Waals surface area contributed by atoms with Crippen molar-refractivity contribution in [3.8, 4) is 0 Å². The van der Waals surface area contributed by atoms with E-state index < -0.39 is 5.97 Å². The van der Waals surface area contributed by atoms with Crippen LogP contribution >= 0.6 is 0 Å². The van der Waals surface area contributed by atoms with Gasteiger partial charge in [-0.15, -0.1) is 23.6 Å². The number of hydrogen-bond acceptors (Lipinski definition) is 5. The summed E-state index contributed by atoms with van der Waals surface area (Å²) in [6.45, 7) is 17.3. The van der Waals surface area contributed by atoms with Crippen molar-refractivity contribution in [2.75, 3.05) is 13.2 Å². The molecule has 3 aliphatic rings. The number of carboxylic acid groups (broad SMARTS) is 1. The van der Waals surface area contributed by atoms with E-state index in [1.165, 1.54) is 11.1 Å². The van der Waals surface area contributed by atoms with Gasteiger partial charge in [0, 0.05) is 6.42 Å². The van der Waals surface area contributed by atoms with Gasteiger partial charge in [-0.05, 0) is 88.2 Å². The molecule has 9 heteroatoms. The molecule has 237 valence electrons. The van der Waals surface area contributed by atoms with E-state index in [9.17, 15) is 9.90 Å². The van der Waals surface area contributed by atoms with Crippen LogP contribution in [-0.2, 0) is 33.2 Å². The fourth-order valence-corrected chi connectivity index (χ4v) is 5.94. The zero-order chi connectivity index (χ0) is 31.3. The summed E-state index contributed by atoms with van der Waals surface area (Å²) in [7, 11) is 0. The minimum Gasteiger partial charge on any atom is -0.681 e. The summed E-state index contributed by atoms with van der Waals surface area (Å²) < 4.78 is 0. The third-order valence-electron chi connectivity index (χ3n) is 8.44. The topological polar surface area (TPSA) is 120 Å². The summed E-state index contributed by atoms with van der Waals surface area (Å²) in [5, 5.41) is 22.8. The number of aliphatic imine (C=N–C) groups is 2. The van der Waals surface area contributed by atoms with Crippen molar-refractivity contribution in [2.45, 2.75) is 80.1 Å². The number of allylic oxidation sites excluding steroid dienone is 7. The summed E-state index contributed by atoms with van der Waals surface area (Å²) in [5.41, 5.74) is 14.9. The molecule has 0 spiro atoms. The summed E-state index contributed by atoms with van der Waals surface area (Å²) >= 11 is 0. The number of nitrogens with zero attached hydrogens (tertiary/aromatic N) is 4. The molecule has 8 nitrogen and oxygen atoms in total. The van der Waals surface area contributed by atoms with Crippen molar-refractivity contribution in [1.82, 2.24) is 4.98 Å². The van der Waals surface area contributed by atoms with E-state index in [2.05, 4.69) is 57.5 Å². The van der Waals surface area contributed by atoms with Crippen molar-refractivity contribution in [1.29, 1.82) is 0 Å². The molecular formula is C35H42CuN4O4. The number of carboxylic acids is 1. The molecule has 1 radical (unpaired) electrons. The van der Waals surface area contributed by atoms with Crippen LogP contribution in [0.4, 0.5) is 0 Å².